The van der Waals surface area contributed by atoms with E-state index in [9.17, 15) is 22.4 Å². The van der Waals surface area contributed by atoms with Crippen LogP contribution in [-0.2, 0) is 22.6 Å². The largest absolute Gasteiger partial charge is 0.492 e. The number of carboxylic acid groups (broad SMARTS) is 1. The van der Waals surface area contributed by atoms with Crippen LogP contribution in [0.3, 0.4) is 0 Å². The number of rotatable bonds is 10. The molecule has 1 fully saturated rings. The van der Waals surface area contributed by atoms with Gasteiger partial charge >= 0.3 is 12.1 Å². The summed E-state index contributed by atoms with van der Waals surface area (Å²) < 4.78 is 51.7. The van der Waals surface area contributed by atoms with Crippen LogP contribution in [0.1, 0.15) is 47.9 Å². The molecule has 1 saturated carbocycles. The van der Waals surface area contributed by atoms with E-state index in [1.807, 2.05) is 6.07 Å². The Morgan fingerprint density at radius 3 is 2.40 bits per heavy atom. The molecule has 1 aliphatic carbocycles. The van der Waals surface area contributed by atoms with E-state index in [0.29, 0.717) is 31.5 Å². The number of carboxylic acids is 1. The predicted molar refractivity (Wildman–Crippen MR) is 167 cm³/mol. The first-order chi connectivity index (χ1) is 21.4. The Hall–Kier alpha value is -3.70. The summed E-state index contributed by atoms with van der Waals surface area (Å²) in [7, 11) is 0. The summed E-state index contributed by atoms with van der Waals surface area (Å²) in [4.78, 5) is 24.9. The van der Waals surface area contributed by atoms with E-state index in [1.165, 1.54) is 28.8 Å². The molecule has 3 aromatic carbocycles. The van der Waals surface area contributed by atoms with Crippen LogP contribution in [0.4, 0.5) is 17.6 Å². The number of aryl methyl sites for hydroxylation is 2. The fraction of sp³-hybridized carbons (Fsp3) is 0.353. The topological polar surface area (TPSA) is 78.9 Å². The quantitative estimate of drug-likeness (QED) is 0.170. The minimum atomic E-state index is -5.08. The van der Waals surface area contributed by atoms with E-state index in [4.69, 9.17) is 14.6 Å². The van der Waals surface area contributed by atoms with Crippen molar-refractivity contribution in [1.29, 1.82) is 0 Å². The maximum absolute atomic E-state index is 13.9. The first kappa shape index (κ1) is 34.2. The van der Waals surface area contributed by atoms with Crippen LogP contribution >= 0.6 is 15.9 Å². The molecule has 45 heavy (non-hydrogen) atoms. The molecule has 5 rings (SSSR count). The molecular weight excluding hydrogens is 656 g/mol. The van der Waals surface area contributed by atoms with Crippen molar-refractivity contribution in [2.75, 3.05) is 19.7 Å². The molecule has 1 amide bonds. The minimum absolute atomic E-state index is 0.169. The number of aliphatic carboxylic acids is 1. The lowest BCUT2D eigenvalue weighted by molar-refractivity contribution is -0.192. The normalized spacial score (nSPS) is 14.8. The summed E-state index contributed by atoms with van der Waals surface area (Å²) in [5.41, 5.74) is 6.86. The molecule has 0 atom stereocenters. The van der Waals surface area contributed by atoms with Gasteiger partial charge in [0.25, 0.3) is 5.91 Å². The molecule has 2 N–H and O–H groups in total. The van der Waals surface area contributed by atoms with Gasteiger partial charge in [-0.1, -0.05) is 48.5 Å². The van der Waals surface area contributed by atoms with Gasteiger partial charge in [0.15, 0.2) is 0 Å². The van der Waals surface area contributed by atoms with Crippen molar-refractivity contribution < 1.29 is 37.0 Å². The average molecular weight is 692 g/mol. The Bertz CT molecular complexity index is 1520. The summed E-state index contributed by atoms with van der Waals surface area (Å²) in [5.74, 6) is -2.37. The van der Waals surface area contributed by atoms with Crippen LogP contribution in [-0.4, -0.2) is 53.8 Å². The maximum Gasteiger partial charge on any atom is 0.490 e. The highest BCUT2D eigenvalue weighted by Gasteiger charge is 2.38. The number of nitrogens with one attached hydrogen (secondary N) is 1. The van der Waals surface area contributed by atoms with Crippen molar-refractivity contribution in [3.05, 3.63) is 105 Å². The van der Waals surface area contributed by atoms with Gasteiger partial charge < -0.3 is 20.1 Å². The number of hydrogen-bond acceptors (Lipinski definition) is 4. The van der Waals surface area contributed by atoms with E-state index in [-0.39, 0.29) is 11.7 Å². The molecule has 1 aliphatic heterocycles. The van der Waals surface area contributed by atoms with Gasteiger partial charge in [-0.25, -0.2) is 9.18 Å². The molecule has 0 unspecified atom stereocenters. The monoisotopic (exact) mass is 690 g/mol. The van der Waals surface area contributed by atoms with Crippen LogP contribution in [0.5, 0.6) is 5.75 Å². The Kier molecular flexibility index (Phi) is 11.8. The third kappa shape index (κ3) is 9.89. The smallest absolute Gasteiger partial charge is 0.490 e. The molecule has 3 aromatic rings. The number of carbonyl (C=O) groups excluding carboxylic acids is 1. The average Bonchev–Trinajstić information content (AvgIpc) is 3.86. The zero-order valence-electron chi connectivity index (χ0n) is 24.8. The molecule has 1 heterocycles. The standard InChI is InChI=1S/C32H34BrFN2O2.C2HF3O2/c1-22-5-2-3-7-25(22)21-36(27-13-14-27)32(37)29-20-35-17-16-28(29)24-10-8-23(9-11-24)6-4-18-38-31-19-26(34)12-15-30(31)33;3-2(4,5)1(6)7/h2-3,5,7-12,15,19,27,35H,4,6,13-14,16-18,20-21H2,1H3;(H,6,7). The fourth-order valence-corrected chi connectivity index (χ4v) is 5.38. The summed E-state index contributed by atoms with van der Waals surface area (Å²) in [6.07, 6.45) is -0.372. The van der Waals surface area contributed by atoms with Gasteiger partial charge in [-0.05, 0) is 101 Å². The molecule has 0 spiro atoms. The van der Waals surface area contributed by atoms with Crippen LogP contribution in [0, 0.1) is 12.7 Å². The van der Waals surface area contributed by atoms with Crippen molar-refractivity contribution in [1.82, 2.24) is 10.2 Å². The summed E-state index contributed by atoms with van der Waals surface area (Å²) in [6.45, 7) is 4.78. The van der Waals surface area contributed by atoms with Crippen molar-refractivity contribution in [3.63, 3.8) is 0 Å². The van der Waals surface area contributed by atoms with E-state index in [2.05, 4.69) is 75.5 Å². The second-order valence-electron chi connectivity index (χ2n) is 11.0. The number of ether oxygens (including phenoxy) is 1. The summed E-state index contributed by atoms with van der Waals surface area (Å²) >= 11 is 3.40. The van der Waals surface area contributed by atoms with Crippen molar-refractivity contribution >= 4 is 33.4 Å². The number of alkyl halides is 3. The lowest BCUT2D eigenvalue weighted by atomic mass is 9.92. The zero-order valence-corrected chi connectivity index (χ0v) is 26.4. The number of benzene rings is 3. The highest BCUT2D eigenvalue weighted by Crippen LogP contribution is 2.33. The summed E-state index contributed by atoms with van der Waals surface area (Å²) in [5, 5.41) is 10.6. The van der Waals surface area contributed by atoms with E-state index >= 15 is 0 Å². The molecule has 0 saturated heterocycles. The van der Waals surface area contributed by atoms with Crippen LogP contribution in [0.25, 0.3) is 5.57 Å². The fourth-order valence-electron chi connectivity index (χ4n) is 5.02. The van der Waals surface area contributed by atoms with E-state index in [1.54, 1.807) is 6.07 Å². The second kappa shape index (κ2) is 15.5. The Morgan fingerprint density at radius 2 is 1.76 bits per heavy atom. The Balaban J connectivity index is 0.000000591. The van der Waals surface area contributed by atoms with Gasteiger partial charge in [0.05, 0.1) is 11.1 Å². The molecule has 0 radical (unpaired) electrons. The molecule has 2 aliphatic rings. The van der Waals surface area contributed by atoms with E-state index in [0.717, 1.165) is 59.8 Å². The second-order valence-corrected chi connectivity index (χ2v) is 11.9. The first-order valence-electron chi connectivity index (χ1n) is 14.7. The highest BCUT2D eigenvalue weighted by atomic mass is 79.9. The summed E-state index contributed by atoms with van der Waals surface area (Å²) in [6, 6.07) is 21.8. The van der Waals surface area contributed by atoms with Gasteiger partial charge in [-0.15, -0.1) is 0 Å². The van der Waals surface area contributed by atoms with Gasteiger partial charge in [0.1, 0.15) is 11.6 Å². The number of carbonyl (C=O) groups is 2. The molecule has 11 heteroatoms. The number of amides is 1. The number of nitrogens with zero attached hydrogens (tertiary/aromatic N) is 1. The van der Waals surface area contributed by atoms with Crippen LogP contribution in [0.2, 0.25) is 0 Å². The molecular formula is C34H35BrF4N2O4. The first-order valence-corrected chi connectivity index (χ1v) is 15.5. The third-order valence-electron chi connectivity index (χ3n) is 7.63. The van der Waals surface area contributed by atoms with E-state index < -0.39 is 12.1 Å². The van der Waals surface area contributed by atoms with Gasteiger partial charge in [0.2, 0.25) is 0 Å². The third-order valence-corrected chi connectivity index (χ3v) is 8.29. The van der Waals surface area contributed by atoms with Crippen LogP contribution in [0.15, 0.2) is 76.8 Å². The van der Waals surface area contributed by atoms with Crippen molar-refractivity contribution in [2.24, 2.45) is 0 Å². The van der Waals surface area contributed by atoms with Crippen LogP contribution < -0.4 is 10.1 Å². The van der Waals surface area contributed by atoms with Gasteiger partial charge in [-0.3, -0.25) is 4.79 Å². The molecule has 0 aromatic heterocycles. The minimum Gasteiger partial charge on any atom is -0.492 e. The molecule has 0 bridgehead atoms. The predicted octanol–water partition coefficient (Wildman–Crippen LogP) is 7.48. The van der Waals surface area contributed by atoms with Crippen molar-refractivity contribution in [3.8, 4) is 5.75 Å². The maximum atomic E-state index is 13.9. The lowest BCUT2D eigenvalue weighted by Crippen LogP contribution is -2.39. The Morgan fingerprint density at radius 1 is 1.07 bits per heavy atom. The lowest BCUT2D eigenvalue weighted by Gasteiger charge is -2.29. The molecule has 6 nitrogen and oxygen atoms in total. The molecule has 240 valence electrons. The highest BCUT2D eigenvalue weighted by molar-refractivity contribution is 9.10. The zero-order chi connectivity index (χ0) is 32.6. The number of halogens is 5. The SMILES string of the molecule is Cc1ccccc1CN(C(=O)C1=C(c2ccc(CCCOc3cc(F)ccc3Br)cc2)CCNC1)C1CC1.O=C(O)C(F)(F)F. The number of hydrogen-bond donors (Lipinski definition) is 2. The van der Waals surface area contributed by atoms with Gasteiger partial charge in [0, 0.05) is 30.8 Å². The Labute approximate surface area is 268 Å². The van der Waals surface area contributed by atoms with Gasteiger partial charge in [-0.2, -0.15) is 13.2 Å². The van der Waals surface area contributed by atoms with Crippen molar-refractivity contribution in [2.45, 2.75) is 57.8 Å².